The van der Waals surface area contributed by atoms with E-state index in [4.69, 9.17) is 10.5 Å². The highest BCUT2D eigenvalue weighted by atomic mass is 16.5. The average Bonchev–Trinajstić information content (AvgIpc) is 2.72. The number of aromatic nitrogens is 1. The number of nitrogens with two attached hydrogens (primary N) is 1. The summed E-state index contributed by atoms with van der Waals surface area (Å²) in [6.45, 7) is 4.45. The second kappa shape index (κ2) is 5.17. The Bertz CT molecular complexity index is 516. The molecule has 0 fully saturated rings. The Morgan fingerprint density at radius 3 is 2.88 bits per heavy atom. The summed E-state index contributed by atoms with van der Waals surface area (Å²) in [4.78, 5) is 0. The topological polar surface area (TPSA) is 40.2 Å². The van der Waals surface area contributed by atoms with Crippen LogP contribution in [0.5, 0.6) is 0 Å². The highest BCUT2D eigenvalue weighted by Gasteiger charge is 2.12. The lowest BCUT2D eigenvalue weighted by Gasteiger charge is -2.13. The van der Waals surface area contributed by atoms with Gasteiger partial charge in [0, 0.05) is 18.7 Å². The molecule has 0 aliphatic heterocycles. The smallest absolute Gasteiger partial charge is 0.152 e. The maximum absolute atomic E-state index is 5.64. The Hall–Kier alpha value is -1.58. The summed E-state index contributed by atoms with van der Waals surface area (Å²) in [6.07, 6.45) is 4.64. The number of benzene rings is 1. The molecule has 1 aromatic heterocycles. The minimum Gasteiger partial charge on any atom is -0.358 e. The van der Waals surface area contributed by atoms with E-state index in [9.17, 15) is 0 Å². The fourth-order valence-electron chi connectivity index (χ4n) is 2.17. The molecule has 0 aliphatic rings. The normalized spacial score (nSPS) is 12.8. The minimum absolute atomic E-state index is 0.133. The van der Waals surface area contributed by atoms with Crippen molar-refractivity contribution >= 4 is 10.9 Å². The van der Waals surface area contributed by atoms with Crippen LogP contribution in [0.1, 0.15) is 11.8 Å². The first-order valence-electron chi connectivity index (χ1n) is 5.75. The predicted molar refractivity (Wildman–Crippen MR) is 70.9 cm³/mol. The Labute approximate surface area is 101 Å². The molecule has 2 rings (SSSR count). The molecule has 0 radical (unpaired) electrons. The van der Waals surface area contributed by atoms with Gasteiger partial charge in [-0.05, 0) is 30.7 Å². The van der Waals surface area contributed by atoms with E-state index in [2.05, 4.69) is 29.5 Å². The summed E-state index contributed by atoms with van der Waals surface area (Å²) in [6, 6.07) is 8.28. The van der Waals surface area contributed by atoms with Crippen LogP contribution in [-0.2, 0) is 11.2 Å². The maximum Gasteiger partial charge on any atom is 0.152 e. The van der Waals surface area contributed by atoms with Gasteiger partial charge in [0.2, 0.25) is 0 Å². The molecule has 3 nitrogen and oxygen atoms in total. The third kappa shape index (κ3) is 2.12. The SMILES string of the molecule is C=CC(OC)n1cc(CCN)c2ccccc21. The van der Waals surface area contributed by atoms with Crippen LogP contribution in [-0.4, -0.2) is 18.2 Å². The zero-order valence-corrected chi connectivity index (χ0v) is 10.1. The summed E-state index contributed by atoms with van der Waals surface area (Å²) in [7, 11) is 1.68. The first-order valence-corrected chi connectivity index (χ1v) is 5.75. The van der Waals surface area contributed by atoms with E-state index < -0.39 is 0 Å². The van der Waals surface area contributed by atoms with Gasteiger partial charge in [0.05, 0.1) is 5.52 Å². The first-order chi connectivity index (χ1) is 8.31. The number of hydrogen-bond acceptors (Lipinski definition) is 2. The molecular formula is C14H18N2O. The largest absolute Gasteiger partial charge is 0.358 e. The van der Waals surface area contributed by atoms with Gasteiger partial charge in [-0.1, -0.05) is 24.8 Å². The second-order valence-corrected chi connectivity index (χ2v) is 3.98. The van der Waals surface area contributed by atoms with Crippen molar-refractivity contribution in [3.05, 3.63) is 48.7 Å². The molecule has 1 atom stereocenters. The number of ether oxygens (including phenoxy) is 1. The van der Waals surface area contributed by atoms with Crippen molar-refractivity contribution in [2.24, 2.45) is 5.73 Å². The zero-order valence-electron chi connectivity index (χ0n) is 10.1. The Balaban J connectivity index is 2.59. The van der Waals surface area contributed by atoms with Crippen LogP contribution < -0.4 is 5.73 Å². The third-order valence-electron chi connectivity index (χ3n) is 2.95. The molecule has 2 N–H and O–H groups in total. The fourth-order valence-corrected chi connectivity index (χ4v) is 2.17. The van der Waals surface area contributed by atoms with E-state index in [1.807, 2.05) is 12.1 Å². The van der Waals surface area contributed by atoms with E-state index >= 15 is 0 Å². The summed E-state index contributed by atoms with van der Waals surface area (Å²) < 4.78 is 7.49. The molecule has 0 spiro atoms. The zero-order chi connectivity index (χ0) is 12.3. The van der Waals surface area contributed by atoms with Crippen LogP contribution in [0.3, 0.4) is 0 Å². The molecule has 3 heteroatoms. The van der Waals surface area contributed by atoms with Crippen LogP contribution in [0.4, 0.5) is 0 Å². The molecular weight excluding hydrogens is 212 g/mol. The van der Waals surface area contributed by atoms with E-state index in [0.717, 1.165) is 11.9 Å². The van der Waals surface area contributed by atoms with Crippen molar-refractivity contribution in [3.8, 4) is 0 Å². The number of para-hydroxylation sites is 1. The van der Waals surface area contributed by atoms with Crippen LogP contribution in [0, 0.1) is 0 Å². The van der Waals surface area contributed by atoms with Gasteiger partial charge < -0.3 is 15.0 Å². The fraction of sp³-hybridized carbons (Fsp3) is 0.286. The molecule has 1 unspecified atom stereocenters. The van der Waals surface area contributed by atoms with Crippen molar-refractivity contribution in [2.75, 3.05) is 13.7 Å². The summed E-state index contributed by atoms with van der Waals surface area (Å²) in [5.41, 5.74) is 8.05. The minimum atomic E-state index is -0.133. The highest BCUT2D eigenvalue weighted by molar-refractivity contribution is 5.84. The average molecular weight is 230 g/mol. The molecule has 0 bridgehead atoms. The molecule has 17 heavy (non-hydrogen) atoms. The van der Waals surface area contributed by atoms with Gasteiger partial charge >= 0.3 is 0 Å². The van der Waals surface area contributed by atoms with Crippen molar-refractivity contribution in [1.29, 1.82) is 0 Å². The predicted octanol–water partition coefficient (Wildman–Crippen LogP) is 2.47. The molecule has 0 amide bonds. The van der Waals surface area contributed by atoms with Gasteiger partial charge in [0.25, 0.3) is 0 Å². The summed E-state index contributed by atoms with van der Waals surface area (Å²) in [5.74, 6) is 0. The van der Waals surface area contributed by atoms with E-state index in [1.165, 1.54) is 10.9 Å². The van der Waals surface area contributed by atoms with Crippen LogP contribution in [0.15, 0.2) is 43.1 Å². The van der Waals surface area contributed by atoms with Crippen molar-refractivity contribution in [3.63, 3.8) is 0 Å². The van der Waals surface area contributed by atoms with Crippen LogP contribution >= 0.6 is 0 Å². The first kappa shape index (κ1) is 11.9. The van der Waals surface area contributed by atoms with Gasteiger partial charge in [0.1, 0.15) is 0 Å². The molecule has 90 valence electrons. The van der Waals surface area contributed by atoms with E-state index in [0.29, 0.717) is 6.54 Å². The number of rotatable bonds is 5. The molecule has 0 aliphatic carbocycles. The highest BCUT2D eigenvalue weighted by Crippen LogP contribution is 2.25. The van der Waals surface area contributed by atoms with E-state index in [1.54, 1.807) is 13.2 Å². The van der Waals surface area contributed by atoms with Gasteiger partial charge in [-0.15, -0.1) is 0 Å². The van der Waals surface area contributed by atoms with Gasteiger partial charge in [-0.3, -0.25) is 0 Å². The van der Waals surface area contributed by atoms with Crippen LogP contribution in [0.25, 0.3) is 10.9 Å². The number of hydrogen-bond donors (Lipinski definition) is 1. The Kier molecular flexibility index (Phi) is 3.61. The molecule has 1 aromatic carbocycles. The molecule has 0 saturated heterocycles. The molecule has 1 heterocycles. The number of nitrogens with zero attached hydrogens (tertiary/aromatic N) is 1. The third-order valence-corrected chi connectivity index (χ3v) is 2.95. The van der Waals surface area contributed by atoms with E-state index in [-0.39, 0.29) is 6.23 Å². The van der Waals surface area contributed by atoms with Gasteiger partial charge in [0.15, 0.2) is 6.23 Å². The van der Waals surface area contributed by atoms with Crippen molar-refractivity contribution in [2.45, 2.75) is 12.6 Å². The number of fused-ring (bicyclic) bond motifs is 1. The lowest BCUT2D eigenvalue weighted by molar-refractivity contribution is 0.0890. The molecule has 0 saturated carbocycles. The Morgan fingerprint density at radius 1 is 1.47 bits per heavy atom. The lowest BCUT2D eigenvalue weighted by Crippen LogP contribution is -2.07. The quantitative estimate of drug-likeness (QED) is 0.802. The summed E-state index contributed by atoms with van der Waals surface area (Å²) in [5, 5.41) is 1.24. The maximum atomic E-state index is 5.64. The second-order valence-electron chi connectivity index (χ2n) is 3.98. The van der Waals surface area contributed by atoms with Gasteiger partial charge in [-0.2, -0.15) is 0 Å². The van der Waals surface area contributed by atoms with Crippen molar-refractivity contribution in [1.82, 2.24) is 4.57 Å². The standard InChI is InChI=1S/C14H18N2O/c1-3-14(17-2)16-10-11(8-9-15)12-6-4-5-7-13(12)16/h3-7,10,14H,1,8-9,15H2,2H3. The number of methoxy groups -OCH3 is 1. The van der Waals surface area contributed by atoms with Crippen molar-refractivity contribution < 1.29 is 4.74 Å². The summed E-state index contributed by atoms with van der Waals surface area (Å²) >= 11 is 0. The Morgan fingerprint density at radius 2 is 2.24 bits per heavy atom. The molecule has 2 aromatic rings. The monoisotopic (exact) mass is 230 g/mol. The lowest BCUT2D eigenvalue weighted by atomic mass is 10.1. The van der Waals surface area contributed by atoms with Crippen LogP contribution in [0.2, 0.25) is 0 Å². The van der Waals surface area contributed by atoms with Gasteiger partial charge in [-0.25, -0.2) is 0 Å².